The average Bonchev–Trinajstić information content (AvgIpc) is 1.78. The quantitative estimate of drug-likeness (QED) is 0.574. The SMILES string of the molecule is CN(C)CC1(C#N)CCC1. The van der Waals surface area contributed by atoms with E-state index in [1.165, 1.54) is 6.42 Å². The highest BCUT2D eigenvalue weighted by Gasteiger charge is 2.37. The summed E-state index contributed by atoms with van der Waals surface area (Å²) < 4.78 is 0. The average molecular weight is 138 g/mol. The van der Waals surface area contributed by atoms with E-state index in [1.54, 1.807) is 0 Å². The smallest absolute Gasteiger partial charge is 0.0703 e. The first-order chi connectivity index (χ1) is 4.68. The molecule has 1 saturated carbocycles. The molecular formula is C8H14N2. The summed E-state index contributed by atoms with van der Waals surface area (Å²) in [5.41, 5.74) is 0.0174. The third kappa shape index (κ3) is 1.30. The summed E-state index contributed by atoms with van der Waals surface area (Å²) in [6.07, 6.45) is 3.44. The predicted molar refractivity (Wildman–Crippen MR) is 40.5 cm³/mol. The van der Waals surface area contributed by atoms with Gasteiger partial charge in [-0.15, -0.1) is 0 Å². The van der Waals surface area contributed by atoms with Crippen LogP contribution in [0.1, 0.15) is 19.3 Å². The van der Waals surface area contributed by atoms with Crippen molar-refractivity contribution in [3.8, 4) is 6.07 Å². The fourth-order valence-corrected chi connectivity index (χ4v) is 1.51. The van der Waals surface area contributed by atoms with Crippen LogP contribution >= 0.6 is 0 Å². The van der Waals surface area contributed by atoms with Gasteiger partial charge >= 0.3 is 0 Å². The van der Waals surface area contributed by atoms with Gasteiger partial charge in [0.15, 0.2) is 0 Å². The molecule has 1 fully saturated rings. The number of rotatable bonds is 2. The van der Waals surface area contributed by atoms with Gasteiger partial charge in [0, 0.05) is 6.54 Å². The molecule has 0 heterocycles. The third-order valence-corrected chi connectivity index (χ3v) is 2.17. The minimum atomic E-state index is 0.0174. The van der Waals surface area contributed by atoms with Crippen molar-refractivity contribution in [2.45, 2.75) is 19.3 Å². The Bertz CT molecular complexity index is 151. The second kappa shape index (κ2) is 2.59. The topological polar surface area (TPSA) is 27.0 Å². The van der Waals surface area contributed by atoms with Gasteiger partial charge in [0.05, 0.1) is 11.5 Å². The predicted octanol–water partition coefficient (Wildman–Crippen LogP) is 1.24. The number of hydrogen-bond acceptors (Lipinski definition) is 2. The Morgan fingerprint density at radius 2 is 2.10 bits per heavy atom. The summed E-state index contributed by atoms with van der Waals surface area (Å²) >= 11 is 0. The van der Waals surface area contributed by atoms with Crippen molar-refractivity contribution in [3.05, 3.63) is 0 Å². The van der Waals surface area contributed by atoms with Crippen LogP contribution in [0.3, 0.4) is 0 Å². The van der Waals surface area contributed by atoms with Gasteiger partial charge < -0.3 is 4.90 Å². The second-order valence-electron chi connectivity index (χ2n) is 3.48. The Morgan fingerprint density at radius 1 is 1.50 bits per heavy atom. The highest BCUT2D eigenvalue weighted by Crippen LogP contribution is 2.40. The van der Waals surface area contributed by atoms with Crippen LogP contribution in [0.2, 0.25) is 0 Å². The molecule has 0 aliphatic heterocycles. The van der Waals surface area contributed by atoms with E-state index in [2.05, 4.69) is 11.0 Å². The van der Waals surface area contributed by atoms with Crippen molar-refractivity contribution in [2.24, 2.45) is 5.41 Å². The second-order valence-corrected chi connectivity index (χ2v) is 3.48. The minimum Gasteiger partial charge on any atom is -0.308 e. The van der Waals surface area contributed by atoms with E-state index in [0.29, 0.717) is 0 Å². The maximum Gasteiger partial charge on any atom is 0.0703 e. The number of nitrogens with zero attached hydrogens (tertiary/aromatic N) is 2. The molecule has 10 heavy (non-hydrogen) atoms. The third-order valence-electron chi connectivity index (χ3n) is 2.17. The van der Waals surface area contributed by atoms with Gasteiger partial charge in [0.25, 0.3) is 0 Å². The van der Waals surface area contributed by atoms with Gasteiger partial charge in [-0.25, -0.2) is 0 Å². The van der Waals surface area contributed by atoms with Gasteiger partial charge in [-0.3, -0.25) is 0 Å². The first-order valence-corrected chi connectivity index (χ1v) is 3.74. The lowest BCUT2D eigenvalue weighted by Gasteiger charge is -2.37. The number of hydrogen-bond donors (Lipinski definition) is 0. The molecule has 0 radical (unpaired) electrons. The molecule has 0 N–H and O–H groups in total. The van der Waals surface area contributed by atoms with Crippen molar-refractivity contribution in [2.75, 3.05) is 20.6 Å². The molecule has 0 saturated heterocycles. The van der Waals surface area contributed by atoms with Crippen molar-refractivity contribution < 1.29 is 0 Å². The largest absolute Gasteiger partial charge is 0.308 e. The molecule has 0 aromatic rings. The monoisotopic (exact) mass is 138 g/mol. The van der Waals surface area contributed by atoms with Crippen LogP contribution in [0.15, 0.2) is 0 Å². The molecule has 0 aromatic heterocycles. The molecule has 1 rings (SSSR count). The standard InChI is InChI=1S/C8H14N2/c1-10(2)7-8(6-9)4-3-5-8/h3-5,7H2,1-2H3. The molecule has 1 aliphatic rings. The zero-order valence-corrected chi connectivity index (χ0v) is 6.72. The normalized spacial score (nSPS) is 21.8. The Hall–Kier alpha value is -0.550. The fraction of sp³-hybridized carbons (Fsp3) is 0.875. The zero-order chi connectivity index (χ0) is 7.61. The first kappa shape index (κ1) is 7.56. The van der Waals surface area contributed by atoms with Crippen LogP contribution in [-0.2, 0) is 0 Å². The highest BCUT2D eigenvalue weighted by molar-refractivity contribution is 5.05. The molecule has 1 aliphatic carbocycles. The maximum atomic E-state index is 8.81. The van der Waals surface area contributed by atoms with Crippen molar-refractivity contribution >= 4 is 0 Å². The minimum absolute atomic E-state index is 0.0174. The number of nitriles is 1. The van der Waals surface area contributed by atoms with Gasteiger partial charge in [0.2, 0.25) is 0 Å². The van der Waals surface area contributed by atoms with Crippen LogP contribution in [0.4, 0.5) is 0 Å². The highest BCUT2D eigenvalue weighted by atomic mass is 15.1. The lowest BCUT2D eigenvalue weighted by Crippen LogP contribution is -2.38. The molecule has 0 aromatic carbocycles. The lowest BCUT2D eigenvalue weighted by atomic mass is 9.70. The summed E-state index contributed by atoms with van der Waals surface area (Å²) in [6.45, 7) is 0.934. The van der Waals surface area contributed by atoms with Crippen LogP contribution in [0.5, 0.6) is 0 Å². The van der Waals surface area contributed by atoms with E-state index in [1.807, 2.05) is 14.1 Å². The molecule has 0 unspecified atom stereocenters. The molecular weight excluding hydrogens is 124 g/mol. The molecule has 0 amide bonds. The molecule has 56 valence electrons. The van der Waals surface area contributed by atoms with Gasteiger partial charge in [-0.05, 0) is 26.9 Å². The van der Waals surface area contributed by atoms with Gasteiger partial charge in [0.1, 0.15) is 0 Å². The molecule has 2 heteroatoms. The Morgan fingerprint density at radius 3 is 2.20 bits per heavy atom. The maximum absolute atomic E-state index is 8.81. The Labute approximate surface area is 62.4 Å². The van der Waals surface area contributed by atoms with Crippen LogP contribution in [0, 0.1) is 16.7 Å². The Kier molecular flexibility index (Phi) is 1.96. The van der Waals surface area contributed by atoms with Gasteiger partial charge in [-0.2, -0.15) is 5.26 Å². The summed E-state index contributed by atoms with van der Waals surface area (Å²) in [5.74, 6) is 0. The summed E-state index contributed by atoms with van der Waals surface area (Å²) in [6, 6.07) is 2.40. The molecule has 0 spiro atoms. The van der Waals surface area contributed by atoms with Crippen LogP contribution in [-0.4, -0.2) is 25.5 Å². The summed E-state index contributed by atoms with van der Waals surface area (Å²) in [5, 5.41) is 8.81. The van der Waals surface area contributed by atoms with Crippen molar-refractivity contribution in [1.29, 1.82) is 5.26 Å². The van der Waals surface area contributed by atoms with E-state index >= 15 is 0 Å². The fourth-order valence-electron chi connectivity index (χ4n) is 1.51. The van der Waals surface area contributed by atoms with Gasteiger partial charge in [-0.1, -0.05) is 6.42 Å². The van der Waals surface area contributed by atoms with Crippen LogP contribution < -0.4 is 0 Å². The van der Waals surface area contributed by atoms with E-state index < -0.39 is 0 Å². The lowest BCUT2D eigenvalue weighted by molar-refractivity contribution is 0.154. The van der Waals surface area contributed by atoms with Crippen molar-refractivity contribution in [1.82, 2.24) is 4.90 Å². The van der Waals surface area contributed by atoms with E-state index in [0.717, 1.165) is 19.4 Å². The van der Waals surface area contributed by atoms with Crippen molar-refractivity contribution in [3.63, 3.8) is 0 Å². The molecule has 0 bridgehead atoms. The Balaban J connectivity index is 2.43. The molecule has 0 atom stereocenters. The summed E-state index contributed by atoms with van der Waals surface area (Å²) in [4.78, 5) is 2.10. The summed E-state index contributed by atoms with van der Waals surface area (Å²) in [7, 11) is 4.05. The first-order valence-electron chi connectivity index (χ1n) is 3.74. The molecule has 2 nitrogen and oxygen atoms in total. The van der Waals surface area contributed by atoms with E-state index in [-0.39, 0.29) is 5.41 Å². The zero-order valence-electron chi connectivity index (χ0n) is 6.72. The van der Waals surface area contributed by atoms with Crippen LogP contribution in [0.25, 0.3) is 0 Å². The van der Waals surface area contributed by atoms with E-state index in [9.17, 15) is 0 Å². The van der Waals surface area contributed by atoms with E-state index in [4.69, 9.17) is 5.26 Å².